The van der Waals surface area contributed by atoms with Crippen molar-refractivity contribution in [1.29, 1.82) is 0 Å². The van der Waals surface area contributed by atoms with Crippen molar-refractivity contribution < 1.29 is 15.0 Å². The Morgan fingerprint density at radius 3 is 2.00 bits per heavy atom. The molecule has 46 valence electrons. The summed E-state index contributed by atoms with van der Waals surface area (Å²) < 4.78 is 0. The Morgan fingerprint density at radius 1 is 1.38 bits per heavy atom. The molecule has 0 aliphatic rings. The molecule has 0 fully saturated rings. The fraction of sp³-hybridized carbons (Fsp3) is 0.400. The second kappa shape index (κ2) is 3.07. The third-order valence-corrected chi connectivity index (χ3v) is 0.608. The maximum atomic E-state index is 9.95. The van der Waals surface area contributed by atoms with E-state index in [2.05, 4.69) is 6.58 Å². The standard InChI is InChI=1S/C5H8O3/c1-4(6)2-3-5(7)8/h6H,1-3H2,(H,7,8)/p-2. The van der Waals surface area contributed by atoms with Gasteiger partial charge in [0.25, 0.3) is 0 Å². The normalized spacial score (nSPS) is 8.50. The minimum Gasteiger partial charge on any atom is -0.876 e. The van der Waals surface area contributed by atoms with Crippen molar-refractivity contribution in [1.82, 2.24) is 0 Å². The van der Waals surface area contributed by atoms with E-state index in [9.17, 15) is 15.0 Å². The Morgan fingerprint density at radius 2 is 1.88 bits per heavy atom. The molecule has 8 heavy (non-hydrogen) atoms. The lowest BCUT2D eigenvalue weighted by atomic mass is 10.3. The highest BCUT2D eigenvalue weighted by Gasteiger charge is 1.81. The predicted molar refractivity (Wildman–Crippen MR) is 23.4 cm³/mol. The smallest absolute Gasteiger partial charge is 0.0417 e. The van der Waals surface area contributed by atoms with Gasteiger partial charge in [0.1, 0.15) is 0 Å². The quantitative estimate of drug-likeness (QED) is 0.415. The number of hydrogen-bond acceptors (Lipinski definition) is 3. The van der Waals surface area contributed by atoms with Crippen LogP contribution in [0, 0.1) is 0 Å². The lowest BCUT2D eigenvalue weighted by Crippen LogP contribution is -2.22. The molecule has 0 aromatic carbocycles. The van der Waals surface area contributed by atoms with Crippen LogP contribution in [0.4, 0.5) is 0 Å². The van der Waals surface area contributed by atoms with Gasteiger partial charge in [0.2, 0.25) is 0 Å². The second-order valence-corrected chi connectivity index (χ2v) is 1.41. The van der Waals surface area contributed by atoms with Gasteiger partial charge in [-0.1, -0.05) is 0 Å². The summed E-state index contributed by atoms with van der Waals surface area (Å²) in [6, 6.07) is 0. The van der Waals surface area contributed by atoms with Gasteiger partial charge < -0.3 is 15.0 Å². The Balaban J connectivity index is 3.18. The van der Waals surface area contributed by atoms with Crippen LogP contribution in [0.15, 0.2) is 12.3 Å². The fourth-order valence-corrected chi connectivity index (χ4v) is 0.241. The van der Waals surface area contributed by atoms with Crippen molar-refractivity contribution in [2.45, 2.75) is 12.8 Å². The van der Waals surface area contributed by atoms with Gasteiger partial charge in [0.05, 0.1) is 0 Å². The minimum absolute atomic E-state index is 0.0255. The molecule has 3 nitrogen and oxygen atoms in total. The number of carbonyl (C=O) groups is 1. The second-order valence-electron chi connectivity index (χ2n) is 1.41. The van der Waals surface area contributed by atoms with E-state index in [4.69, 9.17) is 0 Å². The van der Waals surface area contributed by atoms with Gasteiger partial charge in [-0.25, -0.2) is 0 Å². The molecule has 0 saturated heterocycles. The summed E-state index contributed by atoms with van der Waals surface area (Å²) in [5, 5.41) is 19.6. The number of carboxylic acid groups (broad SMARTS) is 1. The third-order valence-electron chi connectivity index (χ3n) is 0.608. The predicted octanol–water partition coefficient (Wildman–Crippen LogP) is -1.61. The molecule has 3 heteroatoms. The maximum Gasteiger partial charge on any atom is 0.0417 e. The number of carbonyl (C=O) groups excluding carboxylic acids is 1. The summed E-state index contributed by atoms with van der Waals surface area (Å²) in [5.41, 5.74) is 0. The van der Waals surface area contributed by atoms with Crippen LogP contribution in [-0.2, 0) is 4.79 Å². The monoisotopic (exact) mass is 114 g/mol. The van der Waals surface area contributed by atoms with Crippen LogP contribution in [0.5, 0.6) is 0 Å². The number of rotatable bonds is 3. The summed E-state index contributed by atoms with van der Waals surface area (Å²) >= 11 is 0. The summed E-state index contributed by atoms with van der Waals surface area (Å²) in [7, 11) is 0. The minimum atomic E-state index is -1.21. The molecule has 0 heterocycles. The van der Waals surface area contributed by atoms with Gasteiger partial charge in [-0.2, -0.15) is 0 Å². The summed E-state index contributed by atoms with van der Waals surface area (Å²) in [6.45, 7) is 2.98. The number of hydrogen-bond donors (Lipinski definition) is 0. The maximum absolute atomic E-state index is 9.95. The van der Waals surface area contributed by atoms with Crippen molar-refractivity contribution in [3.63, 3.8) is 0 Å². The first-order valence-corrected chi connectivity index (χ1v) is 2.17. The highest BCUT2D eigenvalue weighted by Crippen LogP contribution is 1.90. The molecule has 0 aliphatic carbocycles. The van der Waals surface area contributed by atoms with Crippen LogP contribution < -0.4 is 10.2 Å². The zero-order chi connectivity index (χ0) is 6.57. The first kappa shape index (κ1) is 7.01. The van der Waals surface area contributed by atoms with Crippen LogP contribution in [0.1, 0.15) is 12.8 Å². The average Bonchev–Trinajstić information content (AvgIpc) is 1.61. The van der Waals surface area contributed by atoms with Crippen LogP contribution in [-0.4, -0.2) is 5.97 Å². The van der Waals surface area contributed by atoms with Gasteiger partial charge in [0.15, 0.2) is 0 Å². The first-order chi connectivity index (χ1) is 3.63. The van der Waals surface area contributed by atoms with Gasteiger partial charge in [0, 0.05) is 5.97 Å². The van der Waals surface area contributed by atoms with E-state index < -0.39 is 5.97 Å². The molecule has 0 atom stereocenters. The van der Waals surface area contributed by atoms with E-state index >= 15 is 0 Å². The van der Waals surface area contributed by atoms with E-state index in [1.54, 1.807) is 0 Å². The topological polar surface area (TPSA) is 63.2 Å². The molecule has 0 amide bonds. The zero-order valence-corrected chi connectivity index (χ0v) is 4.35. The van der Waals surface area contributed by atoms with E-state index in [1.807, 2.05) is 0 Å². The molecule has 0 radical (unpaired) electrons. The molecule has 0 rings (SSSR count). The number of allylic oxidation sites excluding steroid dienone is 1. The Bertz CT molecular complexity index is 92.2. The molecule has 0 saturated carbocycles. The van der Waals surface area contributed by atoms with Crippen molar-refractivity contribution >= 4 is 5.97 Å². The number of aliphatic carboxylic acids is 1. The van der Waals surface area contributed by atoms with Crippen LogP contribution in [0.25, 0.3) is 0 Å². The molecule has 0 unspecified atom stereocenters. The SMILES string of the molecule is C=C([O-])CCC(=O)[O-]. The van der Waals surface area contributed by atoms with Crippen LogP contribution in [0.3, 0.4) is 0 Å². The zero-order valence-electron chi connectivity index (χ0n) is 4.35. The number of carboxylic acids is 1. The highest BCUT2D eigenvalue weighted by molar-refractivity contribution is 5.64. The van der Waals surface area contributed by atoms with E-state index in [0.717, 1.165) is 0 Å². The third kappa shape index (κ3) is 5.01. The molecule has 0 aliphatic heterocycles. The molecule has 0 spiro atoms. The summed E-state index contributed by atoms with van der Waals surface area (Å²) in [6.07, 6.45) is -0.245. The summed E-state index contributed by atoms with van der Waals surface area (Å²) in [4.78, 5) is 9.61. The van der Waals surface area contributed by atoms with Crippen molar-refractivity contribution in [3.8, 4) is 0 Å². The molecule has 0 aromatic rings. The largest absolute Gasteiger partial charge is 0.876 e. The molecular formula is C5H6O3-2. The lowest BCUT2D eigenvalue weighted by molar-refractivity contribution is -0.316. The van der Waals surface area contributed by atoms with E-state index in [-0.39, 0.29) is 18.6 Å². The van der Waals surface area contributed by atoms with Crippen LogP contribution >= 0.6 is 0 Å². The van der Waals surface area contributed by atoms with Crippen molar-refractivity contribution in [2.75, 3.05) is 0 Å². The average molecular weight is 114 g/mol. The van der Waals surface area contributed by atoms with E-state index in [1.165, 1.54) is 0 Å². The van der Waals surface area contributed by atoms with Gasteiger partial charge >= 0.3 is 0 Å². The van der Waals surface area contributed by atoms with E-state index in [0.29, 0.717) is 0 Å². The Labute approximate surface area is 47.3 Å². The lowest BCUT2D eigenvalue weighted by Gasteiger charge is -2.07. The van der Waals surface area contributed by atoms with Gasteiger partial charge in [-0.05, 0) is 12.8 Å². The molecule has 0 N–H and O–H groups in total. The highest BCUT2D eigenvalue weighted by atomic mass is 16.4. The van der Waals surface area contributed by atoms with Crippen molar-refractivity contribution in [3.05, 3.63) is 12.3 Å². The molecule has 0 aromatic heterocycles. The van der Waals surface area contributed by atoms with Crippen molar-refractivity contribution in [2.24, 2.45) is 0 Å². The molecular weight excluding hydrogens is 108 g/mol. The van der Waals surface area contributed by atoms with Gasteiger partial charge in [-0.15, -0.1) is 12.3 Å². The Kier molecular flexibility index (Phi) is 2.69. The molecule has 0 bridgehead atoms. The van der Waals surface area contributed by atoms with Crippen LogP contribution in [0.2, 0.25) is 0 Å². The first-order valence-electron chi connectivity index (χ1n) is 2.17. The summed E-state index contributed by atoms with van der Waals surface area (Å²) in [5.74, 6) is -1.57. The Hall–Kier alpha value is -0.990. The fourth-order valence-electron chi connectivity index (χ4n) is 0.241. The van der Waals surface area contributed by atoms with Gasteiger partial charge in [-0.3, -0.25) is 0 Å².